The molecule has 2 heterocycles. The molecule has 0 bridgehead atoms. The van der Waals surface area contributed by atoms with Crippen LogP contribution < -0.4 is 4.74 Å². The van der Waals surface area contributed by atoms with E-state index in [4.69, 9.17) is 13.7 Å². The van der Waals surface area contributed by atoms with Crippen LogP contribution in [-0.4, -0.2) is 29.2 Å². The Kier molecular flexibility index (Phi) is 4.78. The Balaban J connectivity index is 1.68. The average Bonchev–Trinajstić information content (AvgIpc) is 3.18. The number of halogens is 1. The molecule has 0 fully saturated rings. The van der Waals surface area contributed by atoms with Gasteiger partial charge in [-0.2, -0.15) is 4.98 Å². The van der Waals surface area contributed by atoms with Gasteiger partial charge in [-0.15, -0.1) is 0 Å². The minimum atomic E-state index is 0.457. The monoisotopic (exact) mass is 377 g/mol. The second-order valence-corrected chi connectivity index (χ2v) is 6.03. The maximum absolute atomic E-state index is 5.39. The first-order valence-corrected chi connectivity index (χ1v) is 7.82. The number of hydrogen-bond donors (Lipinski definition) is 0. The smallest absolute Gasteiger partial charge is 0.241 e. The molecule has 23 heavy (non-hydrogen) atoms. The van der Waals surface area contributed by atoms with Crippen molar-refractivity contribution in [3.05, 3.63) is 52.5 Å². The normalized spacial score (nSPS) is 11.1. The van der Waals surface area contributed by atoms with Crippen LogP contribution in [0.1, 0.15) is 11.5 Å². The van der Waals surface area contributed by atoms with E-state index in [9.17, 15) is 0 Å². The van der Waals surface area contributed by atoms with Crippen LogP contribution in [-0.2, 0) is 13.1 Å². The molecule has 0 saturated heterocycles. The lowest BCUT2D eigenvalue weighted by atomic mass is 10.2. The van der Waals surface area contributed by atoms with Gasteiger partial charge in [0.05, 0.1) is 19.9 Å². The number of methoxy groups -OCH3 is 1. The SMILES string of the molecule is COc1ccc(Br)cc1CN(C)Cc1nc(-c2ccco2)no1. The van der Waals surface area contributed by atoms with Crippen molar-refractivity contribution >= 4 is 15.9 Å². The predicted octanol–water partition coefficient (Wildman–Crippen LogP) is 3.73. The van der Waals surface area contributed by atoms with Crippen LogP contribution in [0.4, 0.5) is 0 Å². The van der Waals surface area contributed by atoms with Gasteiger partial charge in [0.1, 0.15) is 5.75 Å². The van der Waals surface area contributed by atoms with Crippen LogP contribution in [0.25, 0.3) is 11.6 Å². The first-order chi connectivity index (χ1) is 11.2. The summed E-state index contributed by atoms with van der Waals surface area (Å²) in [4.78, 5) is 6.41. The highest BCUT2D eigenvalue weighted by Crippen LogP contribution is 2.24. The number of hydrogen-bond acceptors (Lipinski definition) is 6. The summed E-state index contributed by atoms with van der Waals surface area (Å²) in [6.07, 6.45) is 1.58. The van der Waals surface area contributed by atoms with E-state index in [-0.39, 0.29) is 0 Å². The van der Waals surface area contributed by atoms with Gasteiger partial charge in [0.2, 0.25) is 11.7 Å². The van der Waals surface area contributed by atoms with Crippen LogP contribution in [0.15, 0.2) is 50.0 Å². The van der Waals surface area contributed by atoms with E-state index >= 15 is 0 Å². The maximum atomic E-state index is 5.39. The molecular weight excluding hydrogens is 362 g/mol. The first kappa shape index (κ1) is 15.8. The van der Waals surface area contributed by atoms with Crippen molar-refractivity contribution in [3.63, 3.8) is 0 Å². The van der Waals surface area contributed by atoms with E-state index in [1.54, 1.807) is 25.5 Å². The number of aromatic nitrogens is 2. The van der Waals surface area contributed by atoms with E-state index in [2.05, 4.69) is 31.0 Å². The topological polar surface area (TPSA) is 64.5 Å². The minimum absolute atomic E-state index is 0.457. The van der Waals surface area contributed by atoms with Gasteiger partial charge < -0.3 is 13.7 Å². The molecule has 3 rings (SSSR count). The summed E-state index contributed by atoms with van der Waals surface area (Å²) >= 11 is 3.48. The molecule has 0 aliphatic heterocycles. The molecule has 0 N–H and O–H groups in total. The molecule has 2 aromatic heterocycles. The molecule has 0 amide bonds. The minimum Gasteiger partial charge on any atom is -0.496 e. The molecule has 1 aromatic carbocycles. The van der Waals surface area contributed by atoms with Gasteiger partial charge in [0.25, 0.3) is 0 Å². The predicted molar refractivity (Wildman–Crippen MR) is 87.9 cm³/mol. The van der Waals surface area contributed by atoms with Crippen molar-refractivity contribution in [1.29, 1.82) is 0 Å². The van der Waals surface area contributed by atoms with Gasteiger partial charge >= 0.3 is 0 Å². The Labute approximate surface area is 142 Å². The highest BCUT2D eigenvalue weighted by molar-refractivity contribution is 9.10. The molecule has 120 valence electrons. The molecule has 7 heteroatoms. The first-order valence-electron chi connectivity index (χ1n) is 7.03. The molecular formula is C16H16BrN3O3. The highest BCUT2D eigenvalue weighted by Gasteiger charge is 2.14. The summed E-state index contributed by atoms with van der Waals surface area (Å²) in [5, 5.41) is 3.93. The van der Waals surface area contributed by atoms with Gasteiger partial charge in [-0.05, 0) is 37.4 Å². The molecule has 0 unspecified atom stereocenters. The van der Waals surface area contributed by atoms with E-state index in [1.807, 2.05) is 25.2 Å². The highest BCUT2D eigenvalue weighted by atomic mass is 79.9. The van der Waals surface area contributed by atoms with E-state index in [0.29, 0.717) is 30.6 Å². The zero-order valence-corrected chi connectivity index (χ0v) is 14.4. The fourth-order valence-electron chi connectivity index (χ4n) is 2.27. The number of benzene rings is 1. The van der Waals surface area contributed by atoms with E-state index < -0.39 is 0 Å². The summed E-state index contributed by atoms with van der Waals surface area (Å²) < 4.78 is 16.9. The second kappa shape index (κ2) is 6.97. The lowest BCUT2D eigenvalue weighted by molar-refractivity contribution is 0.257. The molecule has 0 spiro atoms. The largest absolute Gasteiger partial charge is 0.496 e. The van der Waals surface area contributed by atoms with Gasteiger partial charge in [0.15, 0.2) is 5.76 Å². The van der Waals surface area contributed by atoms with Crippen molar-refractivity contribution in [1.82, 2.24) is 15.0 Å². The standard InChI is InChI=1S/C16H16BrN3O3/c1-20(9-11-8-12(17)5-6-13(11)21-2)10-15-18-16(19-23-15)14-4-3-7-22-14/h3-8H,9-10H2,1-2H3. The molecule has 6 nitrogen and oxygen atoms in total. The van der Waals surface area contributed by atoms with Crippen molar-refractivity contribution in [2.75, 3.05) is 14.2 Å². The third kappa shape index (κ3) is 3.80. The van der Waals surface area contributed by atoms with Gasteiger partial charge in [-0.25, -0.2) is 0 Å². The van der Waals surface area contributed by atoms with Crippen molar-refractivity contribution in [3.8, 4) is 17.3 Å². The van der Waals surface area contributed by atoms with Crippen molar-refractivity contribution < 1.29 is 13.7 Å². The quantitative estimate of drug-likeness (QED) is 0.651. The van der Waals surface area contributed by atoms with Crippen LogP contribution in [0.2, 0.25) is 0 Å². The third-order valence-corrected chi connectivity index (χ3v) is 3.79. The van der Waals surface area contributed by atoms with Crippen LogP contribution in [0.5, 0.6) is 5.75 Å². The number of ether oxygens (including phenoxy) is 1. The third-order valence-electron chi connectivity index (χ3n) is 3.30. The summed E-state index contributed by atoms with van der Waals surface area (Å²) in [7, 11) is 3.65. The van der Waals surface area contributed by atoms with Crippen LogP contribution >= 0.6 is 15.9 Å². The van der Waals surface area contributed by atoms with E-state index in [1.165, 1.54) is 0 Å². The fourth-order valence-corrected chi connectivity index (χ4v) is 2.68. The lowest BCUT2D eigenvalue weighted by Gasteiger charge is -2.16. The number of nitrogens with zero attached hydrogens (tertiary/aromatic N) is 3. The second-order valence-electron chi connectivity index (χ2n) is 5.12. The zero-order chi connectivity index (χ0) is 16.2. The Morgan fingerprint density at radius 1 is 1.26 bits per heavy atom. The summed E-state index contributed by atoms with van der Waals surface area (Å²) in [5.74, 6) is 2.43. The average molecular weight is 378 g/mol. The molecule has 0 aliphatic carbocycles. The fraction of sp³-hybridized carbons (Fsp3) is 0.250. The van der Waals surface area contributed by atoms with Gasteiger partial charge in [-0.1, -0.05) is 21.1 Å². The van der Waals surface area contributed by atoms with E-state index in [0.717, 1.165) is 15.8 Å². The van der Waals surface area contributed by atoms with Crippen LogP contribution in [0.3, 0.4) is 0 Å². The number of furan rings is 1. The van der Waals surface area contributed by atoms with Gasteiger partial charge in [0, 0.05) is 16.6 Å². The molecule has 0 aliphatic rings. The Morgan fingerprint density at radius 3 is 2.87 bits per heavy atom. The number of rotatable bonds is 6. The van der Waals surface area contributed by atoms with Crippen LogP contribution in [0, 0.1) is 0 Å². The summed E-state index contributed by atoms with van der Waals surface area (Å²) in [6, 6.07) is 9.52. The van der Waals surface area contributed by atoms with Crippen molar-refractivity contribution in [2.45, 2.75) is 13.1 Å². The summed E-state index contributed by atoms with van der Waals surface area (Å²) in [5.41, 5.74) is 1.08. The Hall–Kier alpha value is -2.12. The van der Waals surface area contributed by atoms with Crippen molar-refractivity contribution in [2.24, 2.45) is 0 Å². The Morgan fingerprint density at radius 2 is 2.13 bits per heavy atom. The molecule has 0 radical (unpaired) electrons. The molecule has 0 saturated carbocycles. The maximum Gasteiger partial charge on any atom is 0.241 e. The molecule has 0 atom stereocenters. The lowest BCUT2D eigenvalue weighted by Crippen LogP contribution is -2.18. The Bertz CT molecular complexity index is 771. The van der Waals surface area contributed by atoms with Gasteiger partial charge in [-0.3, -0.25) is 4.90 Å². The summed E-state index contributed by atoms with van der Waals surface area (Å²) in [6.45, 7) is 1.23. The molecule has 3 aromatic rings. The zero-order valence-electron chi connectivity index (χ0n) is 12.8.